The molecule has 2 aromatic carbocycles. The number of aromatic nitrogens is 1. The lowest BCUT2D eigenvalue weighted by molar-refractivity contribution is -0.132. The fraction of sp³-hybridized carbons (Fsp3) is 0.393. The first-order valence-corrected chi connectivity index (χ1v) is 13.1. The van der Waals surface area contributed by atoms with E-state index in [0.717, 1.165) is 44.5 Å². The van der Waals surface area contributed by atoms with E-state index in [0.29, 0.717) is 13.0 Å². The Morgan fingerprint density at radius 2 is 1.68 bits per heavy atom. The summed E-state index contributed by atoms with van der Waals surface area (Å²) in [7, 11) is 0. The van der Waals surface area contributed by atoms with Gasteiger partial charge in [-0.2, -0.15) is 0 Å². The van der Waals surface area contributed by atoms with Crippen molar-refractivity contribution >= 4 is 23.2 Å². The predicted octanol–water partition coefficient (Wildman–Crippen LogP) is 4.65. The van der Waals surface area contributed by atoms with E-state index in [1.165, 1.54) is 22.5 Å². The first-order chi connectivity index (χ1) is 16.6. The van der Waals surface area contributed by atoms with E-state index < -0.39 is 0 Å². The molecule has 1 unspecified atom stereocenters. The van der Waals surface area contributed by atoms with Crippen LogP contribution in [0.4, 0.5) is 0 Å². The average Bonchev–Trinajstić information content (AvgIpc) is 3.32. The molecule has 1 aliphatic heterocycles. The van der Waals surface area contributed by atoms with Crippen LogP contribution in [-0.2, 0) is 16.0 Å². The quantitative estimate of drug-likeness (QED) is 0.518. The van der Waals surface area contributed by atoms with Crippen LogP contribution in [0.3, 0.4) is 0 Å². The molecule has 2 aliphatic rings. The molecule has 1 saturated carbocycles. The van der Waals surface area contributed by atoms with Gasteiger partial charge in [0.05, 0.1) is 17.6 Å². The van der Waals surface area contributed by atoms with Crippen molar-refractivity contribution in [2.24, 2.45) is 11.3 Å². The second-order valence-electron chi connectivity index (χ2n) is 9.61. The van der Waals surface area contributed by atoms with E-state index in [1.807, 2.05) is 22.4 Å². The summed E-state index contributed by atoms with van der Waals surface area (Å²) in [4.78, 5) is 31.7. The van der Waals surface area contributed by atoms with Gasteiger partial charge in [0.2, 0.25) is 11.8 Å². The van der Waals surface area contributed by atoms with E-state index in [1.54, 1.807) is 5.51 Å². The summed E-state index contributed by atoms with van der Waals surface area (Å²) in [6.07, 6.45) is 4.05. The first kappa shape index (κ1) is 22.8. The summed E-state index contributed by atoms with van der Waals surface area (Å²) in [6.45, 7) is 2.16. The average molecular weight is 474 g/mol. The predicted molar refractivity (Wildman–Crippen MR) is 135 cm³/mol. The lowest BCUT2D eigenvalue weighted by Crippen LogP contribution is -2.41. The Hall–Kier alpha value is -2.99. The van der Waals surface area contributed by atoms with Gasteiger partial charge in [-0.3, -0.25) is 9.59 Å². The molecule has 6 heteroatoms. The van der Waals surface area contributed by atoms with Gasteiger partial charge in [-0.1, -0.05) is 60.7 Å². The third kappa shape index (κ3) is 5.07. The van der Waals surface area contributed by atoms with E-state index in [4.69, 9.17) is 0 Å². The monoisotopic (exact) mass is 473 g/mol. The van der Waals surface area contributed by atoms with E-state index in [9.17, 15) is 9.59 Å². The highest BCUT2D eigenvalue weighted by molar-refractivity contribution is 7.07. The van der Waals surface area contributed by atoms with Gasteiger partial charge in [0.25, 0.3) is 0 Å². The van der Waals surface area contributed by atoms with Crippen molar-refractivity contribution < 1.29 is 9.59 Å². The largest absolute Gasteiger partial charge is 0.356 e. The van der Waals surface area contributed by atoms with Crippen LogP contribution in [0, 0.1) is 11.3 Å². The number of nitrogens with one attached hydrogen (secondary N) is 1. The molecule has 1 aliphatic carbocycles. The van der Waals surface area contributed by atoms with Crippen molar-refractivity contribution in [1.29, 1.82) is 0 Å². The number of amides is 2. The molecule has 1 N–H and O–H groups in total. The number of rotatable bonds is 8. The lowest BCUT2D eigenvalue weighted by atomic mass is 9.88. The number of hydrogen-bond donors (Lipinski definition) is 1. The Bertz CT molecular complexity index is 1050. The maximum absolute atomic E-state index is 13.0. The van der Waals surface area contributed by atoms with Gasteiger partial charge in [-0.05, 0) is 42.2 Å². The van der Waals surface area contributed by atoms with Crippen LogP contribution in [0.2, 0.25) is 0 Å². The van der Waals surface area contributed by atoms with Crippen molar-refractivity contribution in [3.05, 3.63) is 88.4 Å². The van der Waals surface area contributed by atoms with Gasteiger partial charge >= 0.3 is 0 Å². The number of nitrogens with zero attached hydrogens (tertiary/aromatic N) is 2. The van der Waals surface area contributed by atoms with Crippen molar-refractivity contribution in [2.75, 3.05) is 19.6 Å². The van der Waals surface area contributed by atoms with Crippen LogP contribution in [-0.4, -0.2) is 41.3 Å². The highest BCUT2D eigenvalue weighted by atomic mass is 32.1. The minimum atomic E-state index is 0.0928. The molecule has 1 saturated heterocycles. The third-order valence-electron chi connectivity index (χ3n) is 7.57. The topological polar surface area (TPSA) is 62.3 Å². The number of piperidine rings is 1. The summed E-state index contributed by atoms with van der Waals surface area (Å²) in [5.74, 6) is 0.690. The van der Waals surface area contributed by atoms with Gasteiger partial charge in [0, 0.05) is 36.9 Å². The lowest BCUT2D eigenvalue weighted by Gasteiger charge is -2.32. The molecular weight excluding hydrogens is 442 g/mol. The number of likely N-dealkylation sites (tertiary alicyclic amines) is 1. The molecule has 1 atom stereocenters. The zero-order chi connectivity index (χ0) is 23.4. The van der Waals surface area contributed by atoms with Crippen molar-refractivity contribution in [3.8, 4) is 0 Å². The number of thiazole rings is 1. The molecule has 0 radical (unpaired) electrons. The summed E-state index contributed by atoms with van der Waals surface area (Å²) >= 11 is 1.52. The molecule has 3 aromatic rings. The smallest absolute Gasteiger partial charge is 0.228 e. The first-order valence-electron chi connectivity index (χ1n) is 12.2. The minimum absolute atomic E-state index is 0.0928. The van der Waals surface area contributed by atoms with E-state index in [-0.39, 0.29) is 29.1 Å². The molecule has 34 heavy (non-hydrogen) atoms. The normalized spacial score (nSPS) is 18.7. The fourth-order valence-corrected chi connectivity index (χ4v) is 5.98. The highest BCUT2D eigenvalue weighted by Crippen LogP contribution is 2.59. The summed E-state index contributed by atoms with van der Waals surface area (Å²) < 4.78 is 0. The molecule has 5 rings (SSSR count). The molecule has 2 heterocycles. The van der Waals surface area contributed by atoms with Crippen molar-refractivity contribution in [2.45, 2.75) is 38.0 Å². The second-order valence-corrected chi connectivity index (χ2v) is 10.3. The Morgan fingerprint density at radius 1 is 1.03 bits per heavy atom. The molecule has 2 fully saturated rings. The zero-order valence-corrected chi connectivity index (χ0v) is 20.2. The highest BCUT2D eigenvalue weighted by Gasteiger charge is 2.58. The van der Waals surface area contributed by atoms with Crippen LogP contribution in [0.15, 0.2) is 71.6 Å². The number of carbonyl (C=O) groups is 2. The Morgan fingerprint density at radius 3 is 2.26 bits per heavy atom. The summed E-state index contributed by atoms with van der Waals surface area (Å²) in [5.41, 5.74) is 5.27. The molecule has 0 bridgehead atoms. The zero-order valence-electron chi connectivity index (χ0n) is 19.4. The number of hydrogen-bond acceptors (Lipinski definition) is 4. The number of benzene rings is 2. The van der Waals surface area contributed by atoms with Crippen LogP contribution in [0.5, 0.6) is 0 Å². The van der Waals surface area contributed by atoms with Gasteiger partial charge in [-0.25, -0.2) is 4.98 Å². The molecule has 1 aromatic heterocycles. The Kier molecular flexibility index (Phi) is 6.77. The SMILES string of the molecule is O=C(NCCC(c1ccccc1)c1ccccc1)C1CC12CCN(C(=O)Cc1cscn1)CC2. The maximum Gasteiger partial charge on any atom is 0.228 e. The van der Waals surface area contributed by atoms with Crippen LogP contribution >= 0.6 is 11.3 Å². The van der Waals surface area contributed by atoms with Gasteiger partial charge < -0.3 is 10.2 Å². The third-order valence-corrected chi connectivity index (χ3v) is 8.21. The van der Waals surface area contributed by atoms with Crippen molar-refractivity contribution in [3.63, 3.8) is 0 Å². The summed E-state index contributed by atoms with van der Waals surface area (Å²) in [5, 5.41) is 5.16. The second kappa shape index (κ2) is 10.1. The van der Waals surface area contributed by atoms with Crippen LogP contribution in [0.25, 0.3) is 0 Å². The van der Waals surface area contributed by atoms with Gasteiger partial charge in [0.1, 0.15) is 0 Å². The Labute approximate surface area is 205 Å². The van der Waals surface area contributed by atoms with Crippen LogP contribution < -0.4 is 5.32 Å². The van der Waals surface area contributed by atoms with Crippen molar-refractivity contribution in [1.82, 2.24) is 15.2 Å². The van der Waals surface area contributed by atoms with E-state index >= 15 is 0 Å². The number of carbonyl (C=O) groups excluding carboxylic acids is 2. The van der Waals surface area contributed by atoms with Gasteiger partial charge in [-0.15, -0.1) is 11.3 Å². The molecule has 2 amide bonds. The maximum atomic E-state index is 13.0. The molecule has 5 nitrogen and oxygen atoms in total. The Balaban J connectivity index is 1.11. The molecule has 1 spiro atoms. The summed E-state index contributed by atoms with van der Waals surface area (Å²) in [6, 6.07) is 21.0. The molecular formula is C28H31N3O2S. The van der Waals surface area contributed by atoms with Crippen LogP contribution in [0.1, 0.15) is 48.4 Å². The van der Waals surface area contributed by atoms with Gasteiger partial charge in [0.15, 0.2) is 0 Å². The fourth-order valence-electron chi connectivity index (χ4n) is 5.42. The minimum Gasteiger partial charge on any atom is -0.356 e. The van der Waals surface area contributed by atoms with E-state index in [2.05, 4.69) is 58.8 Å². The molecule has 176 valence electrons. The standard InChI is InChI=1S/C28H31N3O2S/c32-26(17-23-19-34-20-30-23)31-15-12-28(13-16-31)18-25(28)27(33)29-14-11-24(21-7-3-1-4-8-21)22-9-5-2-6-10-22/h1-10,19-20,24-25H,11-18H2,(H,29,33).